The Bertz CT molecular complexity index is 919. The average molecular weight is 459 g/mol. The number of carbonyl (C=O) groups is 1. The first kappa shape index (κ1) is 22.7. The zero-order chi connectivity index (χ0) is 22.5. The van der Waals surface area contributed by atoms with E-state index in [1.165, 1.54) is 7.11 Å². The summed E-state index contributed by atoms with van der Waals surface area (Å²) in [6.45, 7) is 6.57. The fraction of sp³-hybridized carbons (Fsp3) is 0.500. The molecule has 2 aromatic rings. The maximum atomic E-state index is 13.2. The minimum atomic E-state index is -0.00229. The van der Waals surface area contributed by atoms with Crippen LogP contribution >= 0.6 is 11.6 Å². The zero-order valence-electron chi connectivity index (χ0n) is 18.8. The van der Waals surface area contributed by atoms with Gasteiger partial charge in [-0.2, -0.15) is 0 Å². The molecule has 8 heteroatoms. The van der Waals surface area contributed by atoms with Crippen molar-refractivity contribution in [3.8, 4) is 11.5 Å². The molecule has 1 aromatic heterocycles. The maximum Gasteiger partial charge on any atom is 0.254 e. The van der Waals surface area contributed by atoms with Crippen LogP contribution in [0.5, 0.6) is 11.5 Å². The van der Waals surface area contributed by atoms with E-state index in [9.17, 15) is 4.79 Å². The molecular formula is C24H31ClN4O3. The number of hydrogen-bond acceptors (Lipinski definition) is 6. The molecule has 0 aliphatic carbocycles. The number of likely N-dealkylation sites (tertiary alicyclic amines) is 1. The Morgan fingerprint density at radius 1 is 1.12 bits per heavy atom. The molecule has 1 amide bonds. The molecule has 172 valence electrons. The van der Waals surface area contributed by atoms with Crippen LogP contribution in [-0.4, -0.2) is 80.7 Å². The molecule has 3 heterocycles. The van der Waals surface area contributed by atoms with Crippen molar-refractivity contribution in [2.45, 2.75) is 12.8 Å². The van der Waals surface area contributed by atoms with Gasteiger partial charge in [0.05, 0.1) is 19.2 Å². The molecule has 0 spiro atoms. The summed E-state index contributed by atoms with van der Waals surface area (Å²) in [7, 11) is 3.09. The van der Waals surface area contributed by atoms with Crippen molar-refractivity contribution in [2.75, 3.05) is 64.9 Å². The molecule has 32 heavy (non-hydrogen) atoms. The number of pyridine rings is 1. The quantitative estimate of drug-likeness (QED) is 0.661. The van der Waals surface area contributed by atoms with Gasteiger partial charge in [0.25, 0.3) is 5.91 Å². The third-order valence-electron chi connectivity index (χ3n) is 6.35. The van der Waals surface area contributed by atoms with Crippen LogP contribution in [-0.2, 0) is 0 Å². The molecule has 4 rings (SSSR count). The van der Waals surface area contributed by atoms with Gasteiger partial charge in [-0.25, -0.2) is 4.98 Å². The first-order valence-corrected chi connectivity index (χ1v) is 11.6. The minimum Gasteiger partial charge on any atom is -0.493 e. The number of methoxy groups -OCH3 is 2. The second-order valence-corrected chi connectivity index (χ2v) is 8.84. The maximum absolute atomic E-state index is 13.2. The summed E-state index contributed by atoms with van der Waals surface area (Å²) in [5, 5.41) is 0.384. The van der Waals surface area contributed by atoms with E-state index in [0.29, 0.717) is 28.0 Å². The smallest absolute Gasteiger partial charge is 0.254 e. The van der Waals surface area contributed by atoms with E-state index in [0.717, 1.165) is 64.5 Å². The fourth-order valence-electron chi connectivity index (χ4n) is 4.69. The van der Waals surface area contributed by atoms with Crippen molar-refractivity contribution in [1.29, 1.82) is 0 Å². The molecule has 7 nitrogen and oxygen atoms in total. The van der Waals surface area contributed by atoms with Gasteiger partial charge in [-0.15, -0.1) is 0 Å². The molecule has 2 aliphatic heterocycles. The summed E-state index contributed by atoms with van der Waals surface area (Å²) < 4.78 is 10.7. The first-order valence-electron chi connectivity index (χ1n) is 11.2. The van der Waals surface area contributed by atoms with Gasteiger partial charge in [-0.1, -0.05) is 17.7 Å². The summed E-state index contributed by atoms with van der Waals surface area (Å²) >= 11 is 6.32. The second kappa shape index (κ2) is 10.4. The summed E-state index contributed by atoms with van der Waals surface area (Å²) in [5.74, 6) is 2.45. The Balaban J connectivity index is 1.34. The molecule has 0 radical (unpaired) electrons. The first-order chi connectivity index (χ1) is 15.6. The number of piperidine rings is 1. The van der Waals surface area contributed by atoms with Gasteiger partial charge >= 0.3 is 0 Å². The molecule has 2 saturated heterocycles. The van der Waals surface area contributed by atoms with Crippen molar-refractivity contribution in [2.24, 2.45) is 5.92 Å². The average Bonchev–Trinajstić information content (AvgIpc) is 2.84. The number of anilines is 1. The van der Waals surface area contributed by atoms with Crippen LogP contribution in [0.1, 0.15) is 23.2 Å². The van der Waals surface area contributed by atoms with E-state index in [1.807, 2.05) is 23.2 Å². The number of piperazine rings is 1. The predicted octanol–water partition coefficient (Wildman–Crippen LogP) is 3.43. The van der Waals surface area contributed by atoms with E-state index in [4.69, 9.17) is 21.1 Å². The lowest BCUT2D eigenvalue weighted by Crippen LogP contribution is -2.50. The molecule has 1 unspecified atom stereocenters. The van der Waals surface area contributed by atoms with Gasteiger partial charge in [0.15, 0.2) is 11.5 Å². The summed E-state index contributed by atoms with van der Waals surface area (Å²) in [6, 6.07) is 9.44. The highest BCUT2D eigenvalue weighted by Gasteiger charge is 2.28. The third kappa shape index (κ3) is 5.10. The van der Waals surface area contributed by atoms with Crippen LogP contribution in [0.25, 0.3) is 0 Å². The van der Waals surface area contributed by atoms with Gasteiger partial charge in [0.1, 0.15) is 5.82 Å². The number of rotatable bonds is 6. The highest BCUT2D eigenvalue weighted by molar-refractivity contribution is 6.32. The molecule has 1 atom stereocenters. The highest BCUT2D eigenvalue weighted by atomic mass is 35.5. The number of nitrogens with zero attached hydrogens (tertiary/aromatic N) is 4. The monoisotopic (exact) mass is 458 g/mol. The molecule has 2 aliphatic rings. The highest BCUT2D eigenvalue weighted by Crippen LogP contribution is 2.36. The zero-order valence-corrected chi connectivity index (χ0v) is 19.6. The fourth-order valence-corrected chi connectivity index (χ4v) is 4.98. The lowest BCUT2D eigenvalue weighted by molar-refractivity contribution is 0.0637. The van der Waals surface area contributed by atoms with Crippen molar-refractivity contribution >= 4 is 23.3 Å². The standard InChI is InChI=1S/C24H31ClN4O3/c1-31-21-15-19(14-20(25)23(21)32-2)24(30)29-9-5-6-18(17-29)16-27-10-12-28(13-11-27)22-7-3-4-8-26-22/h3-4,7-8,14-15,18H,5-6,9-13,16-17H2,1-2H3. The van der Waals surface area contributed by atoms with Crippen LogP contribution in [0.4, 0.5) is 5.82 Å². The van der Waals surface area contributed by atoms with E-state index >= 15 is 0 Å². The summed E-state index contributed by atoms with van der Waals surface area (Å²) in [5.41, 5.74) is 0.539. The lowest BCUT2D eigenvalue weighted by Gasteiger charge is -2.39. The molecular weight excluding hydrogens is 428 g/mol. The number of amides is 1. The molecule has 0 N–H and O–H groups in total. The Kier molecular flexibility index (Phi) is 7.37. The van der Waals surface area contributed by atoms with Crippen LogP contribution < -0.4 is 14.4 Å². The number of ether oxygens (including phenoxy) is 2. The number of halogens is 1. The van der Waals surface area contributed by atoms with E-state index < -0.39 is 0 Å². The van der Waals surface area contributed by atoms with Crippen molar-refractivity contribution in [3.05, 3.63) is 47.1 Å². The largest absolute Gasteiger partial charge is 0.493 e. The van der Waals surface area contributed by atoms with Crippen LogP contribution in [0, 0.1) is 5.92 Å². The Morgan fingerprint density at radius 2 is 1.94 bits per heavy atom. The van der Waals surface area contributed by atoms with Gasteiger partial charge in [0, 0.05) is 57.6 Å². The Hall–Kier alpha value is -2.51. The number of hydrogen-bond donors (Lipinski definition) is 0. The number of carbonyl (C=O) groups excluding carboxylic acids is 1. The molecule has 2 fully saturated rings. The normalized spacial score (nSPS) is 19.7. The Labute approximate surface area is 194 Å². The van der Waals surface area contributed by atoms with E-state index in [-0.39, 0.29) is 5.91 Å². The van der Waals surface area contributed by atoms with E-state index in [2.05, 4.69) is 20.9 Å². The SMILES string of the molecule is COc1cc(C(=O)N2CCCC(CN3CCN(c4ccccn4)CC3)C2)cc(Cl)c1OC. The molecule has 0 bridgehead atoms. The second-order valence-electron chi connectivity index (χ2n) is 8.43. The van der Waals surface area contributed by atoms with Crippen molar-refractivity contribution < 1.29 is 14.3 Å². The van der Waals surface area contributed by atoms with Crippen molar-refractivity contribution in [3.63, 3.8) is 0 Å². The van der Waals surface area contributed by atoms with E-state index in [1.54, 1.807) is 19.2 Å². The predicted molar refractivity (Wildman–Crippen MR) is 126 cm³/mol. The number of benzene rings is 1. The number of aromatic nitrogens is 1. The summed E-state index contributed by atoms with van der Waals surface area (Å²) in [4.78, 5) is 24.5. The van der Waals surface area contributed by atoms with Crippen LogP contribution in [0.2, 0.25) is 5.02 Å². The van der Waals surface area contributed by atoms with Gasteiger partial charge < -0.3 is 19.3 Å². The summed E-state index contributed by atoms with van der Waals surface area (Å²) in [6.07, 6.45) is 4.02. The molecule has 0 saturated carbocycles. The van der Waals surface area contributed by atoms with Crippen molar-refractivity contribution in [1.82, 2.24) is 14.8 Å². The van der Waals surface area contributed by atoms with Gasteiger partial charge in [0.2, 0.25) is 0 Å². The van der Waals surface area contributed by atoms with Crippen LogP contribution in [0.15, 0.2) is 36.5 Å². The van der Waals surface area contributed by atoms with Gasteiger partial charge in [-0.3, -0.25) is 9.69 Å². The lowest BCUT2D eigenvalue weighted by atomic mass is 9.96. The topological polar surface area (TPSA) is 58.1 Å². The third-order valence-corrected chi connectivity index (χ3v) is 6.63. The Morgan fingerprint density at radius 3 is 2.62 bits per heavy atom. The minimum absolute atomic E-state index is 0.00229. The molecule has 1 aromatic carbocycles. The van der Waals surface area contributed by atoms with Gasteiger partial charge in [-0.05, 0) is 43.0 Å². The van der Waals surface area contributed by atoms with Crippen LogP contribution in [0.3, 0.4) is 0 Å².